The molecule has 0 unspecified atom stereocenters. The van der Waals surface area contributed by atoms with Crippen LogP contribution in [-0.2, 0) is 9.53 Å². The molecule has 0 aromatic rings. The second-order valence-corrected chi connectivity index (χ2v) is 4.18. The third kappa shape index (κ3) is 1.38. The van der Waals surface area contributed by atoms with Gasteiger partial charge in [0.25, 0.3) is 0 Å². The molecule has 0 radical (unpaired) electrons. The average molecular weight is 270 g/mol. The molecule has 0 spiro atoms. The Morgan fingerprint density at radius 3 is 2.45 bits per heavy atom. The zero-order valence-corrected chi connectivity index (χ0v) is 8.66. The van der Waals surface area contributed by atoms with Crippen molar-refractivity contribution in [2.75, 3.05) is 4.43 Å². The van der Waals surface area contributed by atoms with Gasteiger partial charge in [0.15, 0.2) is 6.10 Å². The molecule has 1 N–H and O–H groups in total. The SMILES string of the molecule is CC1(C)[C@H](CI)OC(=O)[C@@H]1O. The van der Waals surface area contributed by atoms with Crippen LogP contribution in [0.3, 0.4) is 0 Å². The Labute approximate surface area is 79.3 Å². The van der Waals surface area contributed by atoms with Crippen LogP contribution in [0.4, 0.5) is 0 Å². The third-order valence-corrected chi connectivity index (χ3v) is 2.96. The van der Waals surface area contributed by atoms with E-state index < -0.39 is 17.5 Å². The summed E-state index contributed by atoms with van der Waals surface area (Å²) in [4.78, 5) is 10.9. The summed E-state index contributed by atoms with van der Waals surface area (Å²) >= 11 is 2.15. The predicted molar refractivity (Wildman–Crippen MR) is 48.6 cm³/mol. The quantitative estimate of drug-likeness (QED) is 0.434. The van der Waals surface area contributed by atoms with E-state index >= 15 is 0 Å². The van der Waals surface area contributed by atoms with E-state index in [1.807, 2.05) is 13.8 Å². The summed E-state index contributed by atoms with van der Waals surface area (Å²) in [7, 11) is 0. The van der Waals surface area contributed by atoms with Gasteiger partial charge in [0, 0.05) is 9.84 Å². The van der Waals surface area contributed by atoms with Crippen LogP contribution >= 0.6 is 22.6 Å². The first kappa shape index (κ1) is 9.25. The maximum absolute atomic E-state index is 10.9. The lowest BCUT2D eigenvalue weighted by Crippen LogP contribution is -2.35. The number of esters is 1. The lowest BCUT2D eigenvalue weighted by molar-refractivity contribution is -0.146. The summed E-state index contributed by atoms with van der Waals surface area (Å²) in [6.07, 6.45) is -1.10. The second kappa shape index (κ2) is 2.90. The van der Waals surface area contributed by atoms with Crippen LogP contribution in [0.5, 0.6) is 0 Å². The summed E-state index contributed by atoms with van der Waals surface area (Å²) in [6, 6.07) is 0. The summed E-state index contributed by atoms with van der Waals surface area (Å²) in [5, 5.41) is 9.35. The van der Waals surface area contributed by atoms with Crippen LogP contribution < -0.4 is 0 Å². The van der Waals surface area contributed by atoms with Crippen molar-refractivity contribution in [1.82, 2.24) is 0 Å². The van der Waals surface area contributed by atoms with Gasteiger partial charge in [-0.25, -0.2) is 4.79 Å². The number of hydrogen-bond acceptors (Lipinski definition) is 3. The first-order chi connectivity index (χ1) is 5.00. The number of carbonyl (C=O) groups is 1. The van der Waals surface area contributed by atoms with Crippen LogP contribution in [0.2, 0.25) is 0 Å². The van der Waals surface area contributed by atoms with Gasteiger partial charge in [0.2, 0.25) is 0 Å². The van der Waals surface area contributed by atoms with Crippen LogP contribution in [0.15, 0.2) is 0 Å². The molecule has 0 amide bonds. The molecular weight excluding hydrogens is 259 g/mol. The molecule has 1 saturated heterocycles. The minimum atomic E-state index is -0.956. The van der Waals surface area contributed by atoms with Gasteiger partial charge in [-0.1, -0.05) is 36.4 Å². The Morgan fingerprint density at radius 2 is 2.27 bits per heavy atom. The molecule has 2 atom stereocenters. The maximum atomic E-state index is 10.9. The van der Waals surface area contributed by atoms with Crippen LogP contribution in [0, 0.1) is 5.41 Å². The zero-order chi connectivity index (χ0) is 8.65. The van der Waals surface area contributed by atoms with Crippen LogP contribution in [0.1, 0.15) is 13.8 Å². The molecule has 3 nitrogen and oxygen atoms in total. The van der Waals surface area contributed by atoms with Gasteiger partial charge in [-0.2, -0.15) is 0 Å². The normalized spacial score (nSPS) is 35.5. The number of rotatable bonds is 1. The molecule has 11 heavy (non-hydrogen) atoms. The van der Waals surface area contributed by atoms with Crippen LogP contribution in [-0.4, -0.2) is 27.7 Å². The lowest BCUT2D eigenvalue weighted by atomic mass is 9.84. The van der Waals surface area contributed by atoms with E-state index in [1.54, 1.807) is 0 Å². The monoisotopic (exact) mass is 270 g/mol. The molecule has 0 bridgehead atoms. The molecule has 0 aromatic heterocycles. The zero-order valence-electron chi connectivity index (χ0n) is 6.50. The molecule has 0 saturated carbocycles. The average Bonchev–Trinajstić information content (AvgIpc) is 2.13. The van der Waals surface area contributed by atoms with Gasteiger partial charge < -0.3 is 9.84 Å². The van der Waals surface area contributed by atoms with Crippen molar-refractivity contribution in [3.8, 4) is 0 Å². The van der Waals surface area contributed by atoms with Crippen molar-refractivity contribution >= 4 is 28.6 Å². The van der Waals surface area contributed by atoms with E-state index in [1.165, 1.54) is 0 Å². The Balaban J connectivity index is 2.82. The van der Waals surface area contributed by atoms with E-state index in [9.17, 15) is 9.90 Å². The number of cyclic esters (lactones) is 1. The van der Waals surface area contributed by atoms with Crippen LogP contribution in [0.25, 0.3) is 0 Å². The molecule has 1 aliphatic heterocycles. The topological polar surface area (TPSA) is 46.5 Å². The van der Waals surface area contributed by atoms with E-state index in [2.05, 4.69) is 22.6 Å². The molecule has 1 fully saturated rings. The molecule has 0 aliphatic carbocycles. The minimum Gasteiger partial charge on any atom is -0.459 e. The van der Waals surface area contributed by atoms with Gasteiger partial charge in [-0.3, -0.25) is 0 Å². The van der Waals surface area contributed by atoms with Crippen molar-refractivity contribution in [1.29, 1.82) is 0 Å². The number of aliphatic hydroxyl groups is 1. The van der Waals surface area contributed by atoms with E-state index in [-0.39, 0.29) is 6.10 Å². The molecule has 64 valence electrons. The molecule has 4 heteroatoms. The maximum Gasteiger partial charge on any atom is 0.335 e. The fourth-order valence-corrected chi connectivity index (χ4v) is 2.38. The number of aliphatic hydroxyl groups excluding tert-OH is 1. The second-order valence-electron chi connectivity index (χ2n) is 3.30. The smallest absolute Gasteiger partial charge is 0.335 e. The fourth-order valence-electron chi connectivity index (χ4n) is 1.07. The van der Waals surface area contributed by atoms with Gasteiger partial charge in [-0.15, -0.1) is 0 Å². The summed E-state index contributed by atoms with van der Waals surface area (Å²) in [5.74, 6) is -0.489. The predicted octanol–water partition coefficient (Wildman–Crippen LogP) is 0.734. The number of alkyl halides is 1. The lowest BCUT2D eigenvalue weighted by Gasteiger charge is -2.23. The number of hydrogen-bond donors (Lipinski definition) is 1. The summed E-state index contributed by atoms with van der Waals surface area (Å²) in [6.45, 7) is 3.68. The van der Waals surface area contributed by atoms with Crippen molar-refractivity contribution < 1.29 is 14.6 Å². The minimum absolute atomic E-state index is 0.148. The van der Waals surface area contributed by atoms with E-state index in [0.717, 1.165) is 4.43 Å². The Bertz CT molecular complexity index is 179. The highest BCUT2D eigenvalue weighted by molar-refractivity contribution is 14.1. The molecule has 1 heterocycles. The fraction of sp³-hybridized carbons (Fsp3) is 0.857. The van der Waals surface area contributed by atoms with E-state index in [4.69, 9.17) is 4.74 Å². The Hall–Kier alpha value is 0.160. The standard InChI is InChI=1S/C7H11IO3/c1-7(2)4(3-8)11-6(10)5(7)9/h4-5,9H,3H2,1-2H3/t4-,5-/m0/s1. The highest BCUT2D eigenvalue weighted by Crippen LogP contribution is 2.35. The van der Waals surface area contributed by atoms with E-state index in [0.29, 0.717) is 0 Å². The van der Waals surface area contributed by atoms with Crippen molar-refractivity contribution in [3.05, 3.63) is 0 Å². The molecule has 1 aliphatic rings. The number of ether oxygens (including phenoxy) is 1. The Morgan fingerprint density at radius 1 is 1.73 bits per heavy atom. The summed E-state index contributed by atoms with van der Waals surface area (Å²) < 4.78 is 5.67. The third-order valence-electron chi connectivity index (χ3n) is 2.16. The van der Waals surface area contributed by atoms with Gasteiger partial charge in [0.1, 0.15) is 6.10 Å². The number of halogens is 1. The van der Waals surface area contributed by atoms with Crippen molar-refractivity contribution in [2.45, 2.75) is 26.1 Å². The molecular formula is C7H11IO3. The first-order valence-electron chi connectivity index (χ1n) is 3.44. The highest BCUT2D eigenvalue weighted by Gasteiger charge is 2.49. The van der Waals surface area contributed by atoms with Gasteiger partial charge in [0.05, 0.1) is 0 Å². The van der Waals surface area contributed by atoms with Gasteiger partial charge in [-0.05, 0) is 0 Å². The highest BCUT2D eigenvalue weighted by atomic mass is 127. The largest absolute Gasteiger partial charge is 0.459 e. The van der Waals surface area contributed by atoms with Crippen molar-refractivity contribution in [2.24, 2.45) is 5.41 Å². The van der Waals surface area contributed by atoms with Crippen molar-refractivity contribution in [3.63, 3.8) is 0 Å². The summed E-state index contributed by atoms with van der Waals surface area (Å²) in [5.41, 5.74) is -0.432. The first-order valence-corrected chi connectivity index (χ1v) is 4.97. The molecule has 1 rings (SSSR count). The van der Waals surface area contributed by atoms with Gasteiger partial charge >= 0.3 is 5.97 Å². The molecule has 0 aromatic carbocycles. The Kier molecular flexibility index (Phi) is 2.43. The number of carbonyl (C=O) groups excluding carboxylic acids is 1.